The number of amidine groups is 1. The highest BCUT2D eigenvalue weighted by atomic mass is 16.3. The second-order valence-corrected chi connectivity index (χ2v) is 5.45. The molecule has 0 saturated carbocycles. The summed E-state index contributed by atoms with van der Waals surface area (Å²) in [6.45, 7) is 1.57. The van der Waals surface area contributed by atoms with Gasteiger partial charge in [0.2, 0.25) is 0 Å². The van der Waals surface area contributed by atoms with E-state index in [4.69, 9.17) is 16.1 Å². The lowest BCUT2D eigenvalue weighted by molar-refractivity contribution is 0.145. The largest absolute Gasteiger partial charge is 0.393 e. The van der Waals surface area contributed by atoms with Crippen molar-refractivity contribution >= 4 is 11.7 Å². The Kier molecular flexibility index (Phi) is 3.14. The molecule has 0 bridgehead atoms. The Morgan fingerprint density at radius 2 is 2.11 bits per heavy atom. The lowest BCUT2D eigenvalue weighted by Crippen LogP contribution is -2.37. The van der Waals surface area contributed by atoms with Crippen molar-refractivity contribution in [2.24, 2.45) is 5.73 Å². The van der Waals surface area contributed by atoms with Crippen LogP contribution in [0.15, 0.2) is 6.07 Å². The highest BCUT2D eigenvalue weighted by molar-refractivity contribution is 6.00. The molecular weight excluding hydrogens is 240 g/mol. The Balaban J connectivity index is 1.97. The fraction of sp³-hybridized carbons (Fsp3) is 0.571. The Bertz CT molecular complexity index is 506. The number of anilines is 1. The van der Waals surface area contributed by atoms with Crippen LogP contribution in [-0.4, -0.2) is 35.1 Å². The molecule has 0 unspecified atom stereocenters. The average molecular weight is 260 g/mol. The van der Waals surface area contributed by atoms with Gasteiger partial charge in [-0.25, -0.2) is 4.98 Å². The Morgan fingerprint density at radius 3 is 2.79 bits per heavy atom. The van der Waals surface area contributed by atoms with E-state index < -0.39 is 0 Å². The standard InChI is InChI=1S/C14H20N4O/c15-13(16)11-8-9-2-1-3-12(9)17-14(11)18-6-4-10(19)5-7-18/h8,10,19H,1-7H2,(H3,15,16). The van der Waals surface area contributed by atoms with E-state index in [0.29, 0.717) is 0 Å². The fourth-order valence-corrected chi connectivity index (χ4v) is 2.98. The number of aliphatic hydroxyl groups excluding tert-OH is 1. The number of nitrogens with one attached hydrogen (secondary N) is 1. The minimum absolute atomic E-state index is 0.0864. The first-order chi connectivity index (χ1) is 9.15. The zero-order valence-electron chi connectivity index (χ0n) is 11.0. The maximum Gasteiger partial charge on any atom is 0.139 e. The van der Waals surface area contributed by atoms with Gasteiger partial charge >= 0.3 is 0 Å². The van der Waals surface area contributed by atoms with Gasteiger partial charge in [-0.05, 0) is 43.7 Å². The van der Waals surface area contributed by atoms with Crippen LogP contribution in [0.3, 0.4) is 0 Å². The maximum absolute atomic E-state index is 9.59. The summed E-state index contributed by atoms with van der Waals surface area (Å²) < 4.78 is 0. The molecule has 1 fully saturated rings. The maximum atomic E-state index is 9.59. The second kappa shape index (κ2) is 4.81. The number of nitrogens with zero attached hydrogens (tertiary/aromatic N) is 2. The van der Waals surface area contributed by atoms with Gasteiger partial charge in [0.25, 0.3) is 0 Å². The summed E-state index contributed by atoms with van der Waals surface area (Å²) in [6.07, 6.45) is 4.53. The van der Waals surface area contributed by atoms with Crippen LogP contribution < -0.4 is 10.6 Å². The molecule has 19 heavy (non-hydrogen) atoms. The summed E-state index contributed by atoms with van der Waals surface area (Å²) in [5, 5.41) is 17.4. The van der Waals surface area contributed by atoms with Crippen molar-refractivity contribution < 1.29 is 5.11 Å². The van der Waals surface area contributed by atoms with Gasteiger partial charge in [0.05, 0.1) is 11.7 Å². The van der Waals surface area contributed by atoms with E-state index in [1.54, 1.807) is 0 Å². The summed E-state index contributed by atoms with van der Waals surface area (Å²) in [5.74, 6) is 0.920. The van der Waals surface area contributed by atoms with E-state index in [2.05, 4.69) is 4.90 Å². The molecule has 4 N–H and O–H groups in total. The summed E-state index contributed by atoms with van der Waals surface area (Å²) in [7, 11) is 0. The molecule has 5 heteroatoms. The molecule has 3 rings (SSSR count). The summed E-state index contributed by atoms with van der Waals surface area (Å²) in [6, 6.07) is 2.04. The van der Waals surface area contributed by atoms with E-state index in [0.717, 1.165) is 62.3 Å². The van der Waals surface area contributed by atoms with E-state index in [1.807, 2.05) is 6.07 Å². The third-order valence-electron chi connectivity index (χ3n) is 4.08. The number of hydrogen-bond donors (Lipinski definition) is 3. The fourth-order valence-electron chi connectivity index (χ4n) is 2.98. The number of rotatable bonds is 2. The van der Waals surface area contributed by atoms with Crippen molar-refractivity contribution in [2.45, 2.75) is 38.2 Å². The minimum Gasteiger partial charge on any atom is -0.393 e. The van der Waals surface area contributed by atoms with Crippen LogP contribution in [-0.2, 0) is 12.8 Å². The first-order valence-corrected chi connectivity index (χ1v) is 6.95. The van der Waals surface area contributed by atoms with E-state index >= 15 is 0 Å². The molecule has 0 aromatic carbocycles. The number of nitrogen functional groups attached to an aromatic ring is 1. The molecule has 1 aromatic heterocycles. The predicted octanol–water partition coefficient (Wildman–Crippen LogP) is 0.815. The average Bonchev–Trinajstić information content (AvgIpc) is 2.85. The van der Waals surface area contributed by atoms with Gasteiger partial charge in [-0.3, -0.25) is 5.41 Å². The van der Waals surface area contributed by atoms with E-state index in [1.165, 1.54) is 5.56 Å². The molecule has 2 heterocycles. The number of aromatic nitrogens is 1. The summed E-state index contributed by atoms with van der Waals surface area (Å²) in [5.41, 5.74) is 8.86. The van der Waals surface area contributed by atoms with Crippen molar-refractivity contribution in [1.82, 2.24) is 4.98 Å². The molecule has 1 aliphatic carbocycles. The first kappa shape index (κ1) is 12.4. The highest BCUT2D eigenvalue weighted by Crippen LogP contribution is 2.28. The van der Waals surface area contributed by atoms with Gasteiger partial charge in [0.15, 0.2) is 0 Å². The van der Waals surface area contributed by atoms with Crippen LogP contribution in [0.1, 0.15) is 36.1 Å². The zero-order chi connectivity index (χ0) is 13.4. The normalized spacial score (nSPS) is 19.5. The highest BCUT2D eigenvalue weighted by Gasteiger charge is 2.24. The molecule has 1 aliphatic heterocycles. The van der Waals surface area contributed by atoms with Crippen LogP contribution in [0.4, 0.5) is 5.82 Å². The molecule has 0 amide bonds. The van der Waals surface area contributed by atoms with Gasteiger partial charge in [0, 0.05) is 18.8 Å². The number of aliphatic hydroxyl groups is 1. The third-order valence-corrected chi connectivity index (χ3v) is 4.08. The number of aryl methyl sites for hydroxylation is 2. The van der Waals surface area contributed by atoms with Crippen LogP contribution in [0, 0.1) is 5.41 Å². The van der Waals surface area contributed by atoms with E-state index in [-0.39, 0.29) is 11.9 Å². The van der Waals surface area contributed by atoms with E-state index in [9.17, 15) is 5.11 Å². The molecule has 0 radical (unpaired) electrons. The number of nitrogens with two attached hydrogens (primary N) is 1. The van der Waals surface area contributed by atoms with Crippen molar-refractivity contribution in [1.29, 1.82) is 5.41 Å². The van der Waals surface area contributed by atoms with Gasteiger partial charge in [0.1, 0.15) is 11.7 Å². The van der Waals surface area contributed by atoms with Gasteiger partial charge in [-0.2, -0.15) is 0 Å². The lowest BCUT2D eigenvalue weighted by atomic mass is 10.1. The zero-order valence-corrected chi connectivity index (χ0v) is 11.0. The SMILES string of the molecule is N=C(N)c1cc2c(nc1N1CCC(O)CC1)CCC2. The summed E-state index contributed by atoms with van der Waals surface area (Å²) >= 11 is 0. The number of fused-ring (bicyclic) bond motifs is 1. The molecule has 102 valence electrons. The second-order valence-electron chi connectivity index (χ2n) is 5.45. The smallest absolute Gasteiger partial charge is 0.139 e. The summed E-state index contributed by atoms with van der Waals surface area (Å²) in [4.78, 5) is 6.90. The van der Waals surface area contributed by atoms with Crippen molar-refractivity contribution in [3.8, 4) is 0 Å². The van der Waals surface area contributed by atoms with Gasteiger partial charge in [-0.15, -0.1) is 0 Å². The molecule has 0 spiro atoms. The number of pyridine rings is 1. The Morgan fingerprint density at radius 1 is 1.37 bits per heavy atom. The Labute approximate surface area is 113 Å². The third kappa shape index (κ3) is 2.30. The van der Waals surface area contributed by atoms with Crippen LogP contribution in [0.25, 0.3) is 0 Å². The molecule has 2 aliphatic rings. The van der Waals surface area contributed by atoms with Crippen LogP contribution >= 0.6 is 0 Å². The monoisotopic (exact) mass is 260 g/mol. The van der Waals surface area contributed by atoms with Crippen molar-refractivity contribution in [3.05, 3.63) is 22.9 Å². The lowest BCUT2D eigenvalue weighted by Gasteiger charge is -2.32. The van der Waals surface area contributed by atoms with Crippen molar-refractivity contribution in [3.63, 3.8) is 0 Å². The Hall–Kier alpha value is -1.62. The predicted molar refractivity (Wildman–Crippen MR) is 74.7 cm³/mol. The molecule has 1 aromatic rings. The number of hydrogen-bond acceptors (Lipinski definition) is 4. The minimum atomic E-state index is -0.202. The first-order valence-electron chi connectivity index (χ1n) is 6.95. The van der Waals surface area contributed by atoms with Crippen molar-refractivity contribution in [2.75, 3.05) is 18.0 Å². The molecule has 5 nitrogen and oxygen atoms in total. The topological polar surface area (TPSA) is 86.2 Å². The van der Waals surface area contributed by atoms with Gasteiger partial charge in [-0.1, -0.05) is 0 Å². The molecule has 0 atom stereocenters. The molecular formula is C14H20N4O. The number of piperidine rings is 1. The molecule has 1 saturated heterocycles. The van der Waals surface area contributed by atoms with Crippen LogP contribution in [0.2, 0.25) is 0 Å². The van der Waals surface area contributed by atoms with Crippen LogP contribution in [0.5, 0.6) is 0 Å². The quantitative estimate of drug-likeness (QED) is 0.542. The van der Waals surface area contributed by atoms with Gasteiger partial charge < -0.3 is 15.7 Å².